The van der Waals surface area contributed by atoms with E-state index in [1.807, 2.05) is 0 Å². The number of rotatable bonds is 8. The van der Waals surface area contributed by atoms with Crippen molar-refractivity contribution in [3.8, 4) is 0 Å². The second-order valence-electron chi connectivity index (χ2n) is 4.78. The zero-order valence-corrected chi connectivity index (χ0v) is 14.6. The van der Waals surface area contributed by atoms with Crippen LogP contribution in [0.5, 0.6) is 0 Å². The Kier molecular flexibility index (Phi) is 13.7. The van der Waals surface area contributed by atoms with Crippen molar-refractivity contribution in [2.45, 2.75) is 53.4 Å². The van der Waals surface area contributed by atoms with E-state index < -0.39 is 10.4 Å². The monoisotopic (exact) mass is 326 g/mol. The first kappa shape index (κ1) is 22.4. The van der Waals surface area contributed by atoms with Gasteiger partial charge in [0, 0.05) is 0 Å². The Morgan fingerprint density at radius 3 is 1.52 bits per heavy atom. The molecule has 0 saturated heterocycles. The van der Waals surface area contributed by atoms with Crippen LogP contribution in [0.15, 0.2) is 0 Å². The molecule has 0 heterocycles. The lowest BCUT2D eigenvalue weighted by atomic mass is 10.3. The Morgan fingerprint density at radius 1 is 0.952 bits per heavy atom. The minimum Gasteiger partial charge on any atom is -0.291 e. The molecule has 0 aromatic carbocycles. The molecule has 0 aromatic heterocycles. The highest BCUT2D eigenvalue weighted by Crippen LogP contribution is 1.96. The van der Waals surface area contributed by atoms with E-state index in [4.69, 9.17) is 23.3 Å². The van der Waals surface area contributed by atoms with Gasteiger partial charge in [-0.05, 0) is 25.7 Å². The molecule has 0 aromatic rings. The van der Waals surface area contributed by atoms with Crippen molar-refractivity contribution in [1.29, 1.82) is 0 Å². The lowest BCUT2D eigenvalue weighted by Crippen LogP contribution is -2.45. The predicted molar refractivity (Wildman–Crippen MR) is 86.1 cm³/mol. The molecular weight excluding hydrogens is 294 g/mol. The van der Waals surface area contributed by atoms with E-state index >= 15 is 0 Å². The Morgan fingerprint density at radius 2 is 1.29 bits per heavy atom. The Labute approximate surface area is 129 Å². The van der Waals surface area contributed by atoms with Gasteiger partial charge in [0.1, 0.15) is 0 Å². The van der Waals surface area contributed by atoms with Crippen LogP contribution in [0.3, 0.4) is 0 Å². The summed E-state index contributed by atoms with van der Waals surface area (Å²) in [4.78, 5) is 2.32. The molecule has 0 spiro atoms. The second kappa shape index (κ2) is 12.8. The third-order valence-corrected chi connectivity index (χ3v) is 2.62. The summed E-state index contributed by atoms with van der Waals surface area (Å²) in [6, 6.07) is 0. The molecule has 0 amide bonds. The van der Waals surface area contributed by atoms with Crippen LogP contribution >= 0.6 is 0 Å². The lowest BCUT2D eigenvalue weighted by Gasteiger charge is -2.20. The smallest absolute Gasteiger partial charge is 0.291 e. The minimum absolute atomic E-state index is 0.979. The molecule has 0 aliphatic carbocycles. The number of nitrogens with two attached hydrogens (primary N) is 1. The molecule has 0 atom stereocenters. The average Bonchev–Trinajstić information content (AvgIpc) is 2.35. The fraction of sp³-hybridized carbons (Fsp3) is 0.923. The quantitative estimate of drug-likeness (QED) is 0.271. The lowest BCUT2D eigenvalue weighted by molar-refractivity contribution is -0.533. The molecule has 0 aliphatic heterocycles. The summed E-state index contributed by atoms with van der Waals surface area (Å²) >= 11 is 0. The summed E-state index contributed by atoms with van der Waals surface area (Å²) in [6.45, 7) is 13.1. The molecule has 0 fully saturated rings. The fourth-order valence-electron chi connectivity index (χ4n) is 1.96. The molecule has 0 radical (unpaired) electrons. The zero-order valence-electron chi connectivity index (χ0n) is 13.7. The van der Waals surface area contributed by atoms with E-state index in [2.05, 4.69) is 37.2 Å². The highest BCUT2D eigenvalue weighted by atomic mass is 32.3. The first-order chi connectivity index (χ1) is 9.71. The van der Waals surface area contributed by atoms with Crippen LogP contribution in [-0.2, 0) is 10.4 Å². The summed E-state index contributed by atoms with van der Waals surface area (Å²) in [7, 11) is -4.67. The normalized spacial score (nSPS) is 10.6. The van der Waals surface area contributed by atoms with Crippen molar-refractivity contribution in [1.82, 2.24) is 4.90 Å². The van der Waals surface area contributed by atoms with Crippen molar-refractivity contribution < 1.29 is 22.1 Å². The van der Waals surface area contributed by atoms with Gasteiger partial charge in [-0.25, -0.2) is 0 Å². The molecule has 21 heavy (non-hydrogen) atoms. The van der Waals surface area contributed by atoms with Crippen LogP contribution in [-0.4, -0.2) is 59.1 Å². The molecule has 4 N–H and O–H groups in total. The predicted octanol–water partition coefficient (Wildman–Crippen LogP) is 1.60. The molecule has 8 heteroatoms. The molecule has 7 nitrogen and oxygen atoms in total. The van der Waals surface area contributed by atoms with Crippen molar-refractivity contribution in [2.24, 2.45) is 5.73 Å². The van der Waals surface area contributed by atoms with Gasteiger partial charge in [0.2, 0.25) is 0 Å². The van der Waals surface area contributed by atoms with E-state index in [0.717, 1.165) is 57.8 Å². The van der Waals surface area contributed by atoms with Crippen LogP contribution < -0.4 is 5.73 Å². The first-order valence-corrected chi connectivity index (χ1v) is 8.92. The Bertz CT molecular complexity index is 361. The van der Waals surface area contributed by atoms with E-state index in [1.54, 1.807) is 0 Å². The summed E-state index contributed by atoms with van der Waals surface area (Å²) < 4.78 is 33.9. The molecule has 0 saturated carbocycles. The van der Waals surface area contributed by atoms with E-state index in [9.17, 15) is 0 Å². The largest absolute Gasteiger partial charge is 0.394 e. The standard InChI is InChI=1S/C13H29N3.H2O4S/c1-5-9-15(10-6-2)13(14)16(11-7-3)12-8-4;1-5(2,3)4/h14H,5-12H2,1-4H3;(H2,1,2,3,4)/p+1. The van der Waals surface area contributed by atoms with Crippen LogP contribution in [0, 0.1) is 0 Å². The Hall–Kier alpha value is -0.860. The van der Waals surface area contributed by atoms with Gasteiger partial charge in [-0.15, -0.1) is 0 Å². The summed E-state index contributed by atoms with van der Waals surface area (Å²) in [5.41, 5.74) is 6.28. The van der Waals surface area contributed by atoms with Gasteiger partial charge >= 0.3 is 16.4 Å². The van der Waals surface area contributed by atoms with Crippen molar-refractivity contribution in [3.63, 3.8) is 0 Å². The maximum atomic E-state index is 8.74. The number of nitrogens with zero attached hydrogens (tertiary/aromatic N) is 2. The number of hydrogen-bond donors (Lipinski definition) is 3. The second-order valence-corrected chi connectivity index (χ2v) is 5.68. The highest BCUT2D eigenvalue weighted by molar-refractivity contribution is 7.79. The first-order valence-electron chi connectivity index (χ1n) is 7.53. The number of guanidine groups is 1. The molecular formula is C13H32N3O4S+. The Balaban J connectivity index is 0. The van der Waals surface area contributed by atoms with E-state index in [-0.39, 0.29) is 0 Å². The molecule has 0 rings (SSSR count). The summed E-state index contributed by atoms with van der Waals surface area (Å²) in [6.07, 6.45) is 4.64. The van der Waals surface area contributed by atoms with Crippen molar-refractivity contribution in [2.75, 3.05) is 26.2 Å². The summed E-state index contributed by atoms with van der Waals surface area (Å²) in [5, 5.41) is 0. The van der Waals surface area contributed by atoms with Gasteiger partial charge in [-0.1, -0.05) is 27.7 Å². The van der Waals surface area contributed by atoms with Gasteiger partial charge in [0.25, 0.3) is 0 Å². The molecule has 128 valence electrons. The van der Waals surface area contributed by atoms with Crippen molar-refractivity contribution in [3.05, 3.63) is 0 Å². The fourth-order valence-corrected chi connectivity index (χ4v) is 1.96. The summed E-state index contributed by atoms with van der Waals surface area (Å²) in [5.74, 6) is 0.979. The minimum atomic E-state index is -4.67. The number of hydrogen-bond acceptors (Lipinski definition) is 2. The van der Waals surface area contributed by atoms with Crippen LogP contribution in [0.2, 0.25) is 0 Å². The van der Waals surface area contributed by atoms with Crippen LogP contribution in [0.4, 0.5) is 0 Å². The van der Waals surface area contributed by atoms with Gasteiger partial charge in [0.15, 0.2) is 0 Å². The molecule has 0 aliphatic rings. The maximum absolute atomic E-state index is 8.74. The SMILES string of the molecule is CCCN(CCC)C(N)=[N+](CCC)CCC.O=S(=O)(O)O. The van der Waals surface area contributed by atoms with Crippen molar-refractivity contribution >= 4 is 16.4 Å². The third kappa shape index (κ3) is 15.3. The van der Waals surface area contributed by atoms with Gasteiger partial charge in [-0.3, -0.25) is 24.3 Å². The van der Waals surface area contributed by atoms with Crippen LogP contribution in [0.1, 0.15) is 53.4 Å². The topological polar surface area (TPSA) is 107 Å². The maximum Gasteiger partial charge on any atom is 0.394 e. The zero-order chi connectivity index (χ0) is 16.9. The third-order valence-electron chi connectivity index (χ3n) is 2.62. The van der Waals surface area contributed by atoms with Gasteiger partial charge in [0.05, 0.1) is 26.2 Å². The van der Waals surface area contributed by atoms with E-state index in [1.165, 1.54) is 0 Å². The highest BCUT2D eigenvalue weighted by Gasteiger charge is 2.16. The molecule has 0 bridgehead atoms. The van der Waals surface area contributed by atoms with E-state index in [0.29, 0.717) is 0 Å². The van der Waals surface area contributed by atoms with Crippen LogP contribution in [0.25, 0.3) is 0 Å². The molecule has 0 unspecified atom stereocenters. The van der Waals surface area contributed by atoms with Gasteiger partial charge < -0.3 is 0 Å². The van der Waals surface area contributed by atoms with Gasteiger partial charge in [-0.2, -0.15) is 8.42 Å². The average molecular weight is 326 g/mol.